The number of fused-ring (bicyclic) bond motifs is 2. The third kappa shape index (κ3) is 2.76. The van der Waals surface area contributed by atoms with Gasteiger partial charge >= 0.3 is 0 Å². The van der Waals surface area contributed by atoms with Gasteiger partial charge in [-0.3, -0.25) is 4.79 Å². The molecular weight excluding hydrogens is 396 g/mol. The van der Waals surface area contributed by atoms with Gasteiger partial charge in [0.2, 0.25) is 0 Å². The summed E-state index contributed by atoms with van der Waals surface area (Å²) in [5.41, 5.74) is 2.79. The van der Waals surface area contributed by atoms with Crippen LogP contribution in [0.4, 0.5) is 0 Å². The van der Waals surface area contributed by atoms with Crippen molar-refractivity contribution in [3.8, 4) is 0 Å². The lowest BCUT2D eigenvalue weighted by Crippen LogP contribution is -2.60. The number of pyridine rings is 1. The van der Waals surface area contributed by atoms with Crippen molar-refractivity contribution in [2.45, 2.75) is 50.2 Å². The fourth-order valence-corrected chi connectivity index (χ4v) is 7.56. The van der Waals surface area contributed by atoms with Crippen molar-refractivity contribution in [1.82, 2.24) is 15.5 Å². The minimum Gasteiger partial charge on any atom is -0.355 e. The standard InChI is InChI=1S/C27H28N4O/c32-26(30-27-12-17-9-18(13-27)11-19(10-17)14-27)24-23-7-3-4-8-31(23)25(29-24)22-16-28-15-20-5-1-2-6-21(20)22/h1-8,15-19,25,29H,9-14H2,(H,30,32)/p+1. The van der Waals surface area contributed by atoms with Crippen LogP contribution in [0.25, 0.3) is 10.8 Å². The number of benzene rings is 1. The zero-order valence-electron chi connectivity index (χ0n) is 18.2. The molecule has 4 bridgehead atoms. The second kappa shape index (κ2) is 6.71. The van der Waals surface area contributed by atoms with Gasteiger partial charge in [0, 0.05) is 22.5 Å². The van der Waals surface area contributed by atoms with Gasteiger partial charge in [-0.25, -0.2) is 4.98 Å². The maximum Gasteiger partial charge on any atom is 0.270 e. The van der Waals surface area contributed by atoms with E-state index < -0.39 is 0 Å². The third-order valence-electron chi connectivity index (χ3n) is 8.39. The lowest BCUT2D eigenvalue weighted by Gasteiger charge is -2.56. The first-order valence-electron chi connectivity index (χ1n) is 12.0. The fraction of sp³-hybridized carbons (Fsp3) is 0.407. The van der Waals surface area contributed by atoms with Gasteiger partial charge in [-0.15, -0.1) is 0 Å². The maximum absolute atomic E-state index is 13.7. The molecule has 0 spiro atoms. The van der Waals surface area contributed by atoms with E-state index in [4.69, 9.17) is 0 Å². The number of allylic oxidation sites excluding steroid dienone is 3. The molecule has 6 aliphatic rings. The van der Waals surface area contributed by atoms with E-state index >= 15 is 0 Å². The molecule has 4 fully saturated rings. The molecule has 0 saturated heterocycles. The van der Waals surface area contributed by atoms with Crippen LogP contribution in [-0.4, -0.2) is 16.3 Å². The smallest absolute Gasteiger partial charge is 0.270 e. The van der Waals surface area contributed by atoms with Crippen LogP contribution in [0.1, 0.15) is 50.3 Å². The summed E-state index contributed by atoms with van der Waals surface area (Å²) in [5.74, 6) is 2.48. The van der Waals surface area contributed by atoms with Crippen molar-refractivity contribution in [3.63, 3.8) is 0 Å². The number of rotatable bonds is 3. The Labute approximate surface area is 188 Å². The summed E-state index contributed by atoms with van der Waals surface area (Å²) in [4.78, 5) is 19.2. The number of carbonyl (C=O) groups excluding carboxylic acids is 1. The second-order valence-corrected chi connectivity index (χ2v) is 10.6. The highest BCUT2D eigenvalue weighted by Gasteiger charge is 2.52. The van der Waals surface area contributed by atoms with E-state index in [0.29, 0.717) is 5.70 Å². The first-order chi connectivity index (χ1) is 15.7. The summed E-state index contributed by atoms with van der Waals surface area (Å²) >= 11 is 0. The Morgan fingerprint density at radius 2 is 1.78 bits per heavy atom. The van der Waals surface area contributed by atoms with Crippen LogP contribution in [0.5, 0.6) is 0 Å². The van der Waals surface area contributed by atoms with Gasteiger partial charge in [-0.05, 0) is 74.5 Å². The molecule has 4 saturated carbocycles. The molecule has 3 N–H and O–H groups in total. The Hall–Kier alpha value is -3.08. The monoisotopic (exact) mass is 425 g/mol. The van der Waals surface area contributed by atoms with Crippen molar-refractivity contribution in [3.05, 3.63) is 78.0 Å². The molecule has 0 radical (unpaired) electrons. The molecule has 32 heavy (non-hydrogen) atoms. The molecule has 5 heteroatoms. The zero-order valence-corrected chi connectivity index (χ0v) is 18.2. The Morgan fingerprint density at radius 3 is 2.56 bits per heavy atom. The highest BCUT2D eigenvalue weighted by Crippen LogP contribution is 2.55. The number of hydrogen-bond acceptors (Lipinski definition) is 3. The van der Waals surface area contributed by atoms with Crippen molar-refractivity contribution >= 4 is 16.7 Å². The van der Waals surface area contributed by atoms with Crippen molar-refractivity contribution in [2.24, 2.45) is 17.8 Å². The summed E-state index contributed by atoms with van der Waals surface area (Å²) in [6, 6.07) is 8.39. The van der Waals surface area contributed by atoms with Gasteiger partial charge in [0.15, 0.2) is 12.4 Å². The average molecular weight is 426 g/mol. The molecule has 8 rings (SSSR count). The highest BCUT2D eigenvalue weighted by molar-refractivity contribution is 5.95. The number of aromatic amines is 1. The van der Waals surface area contributed by atoms with Crippen LogP contribution in [-0.2, 0) is 4.79 Å². The minimum atomic E-state index is -0.120. The number of amides is 1. The predicted octanol–water partition coefficient (Wildman–Crippen LogP) is 3.94. The number of aromatic nitrogens is 1. The van der Waals surface area contributed by atoms with Crippen molar-refractivity contribution in [1.29, 1.82) is 0 Å². The summed E-state index contributed by atoms with van der Waals surface area (Å²) in [7, 11) is 0. The summed E-state index contributed by atoms with van der Waals surface area (Å²) < 4.78 is 0. The number of nitrogens with one attached hydrogen (secondary N) is 3. The van der Waals surface area contributed by atoms with E-state index in [9.17, 15) is 4.79 Å². The zero-order chi connectivity index (χ0) is 21.3. The molecule has 162 valence electrons. The predicted molar refractivity (Wildman–Crippen MR) is 123 cm³/mol. The molecule has 4 aliphatic carbocycles. The first-order valence-corrected chi connectivity index (χ1v) is 12.0. The van der Waals surface area contributed by atoms with Crippen molar-refractivity contribution in [2.75, 3.05) is 0 Å². The molecule has 1 aromatic carbocycles. The van der Waals surface area contributed by atoms with Gasteiger partial charge < -0.3 is 15.5 Å². The van der Waals surface area contributed by atoms with Gasteiger partial charge in [-0.1, -0.05) is 24.3 Å². The average Bonchev–Trinajstić information content (AvgIpc) is 3.17. The van der Waals surface area contributed by atoms with Gasteiger partial charge in [0.1, 0.15) is 11.9 Å². The van der Waals surface area contributed by atoms with E-state index in [1.807, 2.05) is 24.5 Å². The molecular formula is C27H29N4O+. The van der Waals surface area contributed by atoms with Gasteiger partial charge in [0.25, 0.3) is 5.91 Å². The highest BCUT2D eigenvalue weighted by atomic mass is 16.2. The van der Waals surface area contributed by atoms with Crippen molar-refractivity contribution < 1.29 is 9.78 Å². The Bertz CT molecular complexity index is 1170. The topological polar surface area (TPSA) is 58.5 Å². The first kappa shape index (κ1) is 18.5. The molecule has 2 aromatic rings. The Morgan fingerprint density at radius 1 is 1.03 bits per heavy atom. The summed E-state index contributed by atoms with van der Waals surface area (Å²) in [6.07, 6.45) is 19.7. The quantitative estimate of drug-likeness (QED) is 0.783. The lowest BCUT2D eigenvalue weighted by molar-refractivity contribution is -0.376. The summed E-state index contributed by atoms with van der Waals surface area (Å²) in [5, 5.41) is 9.50. The fourth-order valence-electron chi connectivity index (χ4n) is 7.56. The number of H-pyrrole nitrogens is 1. The van der Waals surface area contributed by atoms with E-state index in [0.717, 1.165) is 53.7 Å². The third-order valence-corrected chi connectivity index (χ3v) is 8.39. The van der Waals surface area contributed by atoms with Crippen LogP contribution >= 0.6 is 0 Å². The second-order valence-electron chi connectivity index (χ2n) is 10.6. The molecule has 5 nitrogen and oxygen atoms in total. The van der Waals surface area contributed by atoms with Gasteiger partial charge in [0.05, 0.1) is 11.3 Å². The van der Waals surface area contributed by atoms with E-state index in [1.54, 1.807) is 0 Å². The van der Waals surface area contributed by atoms with Gasteiger partial charge in [-0.2, -0.15) is 0 Å². The molecule has 2 aliphatic heterocycles. The summed E-state index contributed by atoms with van der Waals surface area (Å²) in [6.45, 7) is 0. The van der Waals surface area contributed by atoms with E-state index in [1.165, 1.54) is 24.6 Å². The van der Waals surface area contributed by atoms with E-state index in [-0.39, 0.29) is 17.6 Å². The molecule has 1 atom stereocenters. The molecule has 3 heterocycles. The molecule has 1 unspecified atom stereocenters. The largest absolute Gasteiger partial charge is 0.355 e. The maximum atomic E-state index is 13.7. The SMILES string of the molecule is O=C(NC12CC3CC(CC(C3)C1)C2)C1=C2C=CC=CN2C(c2c[nH+]cc3ccccc23)N1. The normalized spacial score (nSPS) is 34.2. The van der Waals surface area contributed by atoms with Crippen LogP contribution in [0.2, 0.25) is 0 Å². The number of nitrogens with zero attached hydrogens (tertiary/aromatic N) is 1. The minimum absolute atomic E-state index is 0.00539. The Kier molecular flexibility index (Phi) is 3.88. The molecule has 1 aromatic heterocycles. The lowest BCUT2D eigenvalue weighted by atomic mass is 9.53. The van der Waals surface area contributed by atoms with E-state index in [2.05, 4.69) is 57.1 Å². The van der Waals surface area contributed by atoms with Crippen LogP contribution in [0.3, 0.4) is 0 Å². The van der Waals surface area contributed by atoms with Crippen LogP contribution in [0.15, 0.2) is 72.5 Å². The number of carbonyl (C=O) groups is 1. The Balaban J connectivity index is 1.22. The number of hydrogen-bond donors (Lipinski definition) is 2. The molecule has 1 amide bonds. The van der Waals surface area contributed by atoms with Crippen LogP contribution in [0, 0.1) is 17.8 Å². The van der Waals surface area contributed by atoms with Crippen LogP contribution < -0.4 is 15.6 Å².